The number of hydrogen-bond acceptors (Lipinski definition) is 7. The number of hydrogen-bond donors (Lipinski definition) is 1. The third-order valence-electron chi connectivity index (χ3n) is 2.68. The average Bonchev–Trinajstić information content (AvgIpc) is 2.53. The highest BCUT2D eigenvalue weighted by Crippen LogP contribution is 2.46. The van der Waals surface area contributed by atoms with Crippen LogP contribution in [0.5, 0.6) is 0 Å². The van der Waals surface area contributed by atoms with Gasteiger partial charge in [0, 0.05) is 32.8 Å². The smallest absolute Gasteiger partial charge is 0.312 e. The second-order valence-corrected chi connectivity index (χ2v) is 6.49. The van der Waals surface area contributed by atoms with E-state index in [4.69, 9.17) is 9.05 Å². The van der Waals surface area contributed by atoms with E-state index in [0.29, 0.717) is 5.56 Å². The van der Waals surface area contributed by atoms with Crippen LogP contribution < -0.4 is 5.43 Å². The number of non-ortho nitro benzene ring substituents is 1. The van der Waals surface area contributed by atoms with Gasteiger partial charge in [-0.3, -0.25) is 19.5 Å². The molecule has 1 aromatic rings. The quantitative estimate of drug-likeness (QED) is 0.337. The number of nitrogens with one attached hydrogen (secondary N) is 1. The van der Waals surface area contributed by atoms with Crippen LogP contribution in [0.4, 0.5) is 5.69 Å². The Morgan fingerprint density at radius 3 is 2.45 bits per heavy atom. The number of nitro benzene ring substituents is 1. The molecule has 1 aromatic carbocycles. The van der Waals surface area contributed by atoms with E-state index in [-0.39, 0.29) is 18.3 Å². The molecule has 0 spiro atoms. The Morgan fingerprint density at radius 2 is 1.95 bits per heavy atom. The second kappa shape index (κ2) is 8.38. The van der Waals surface area contributed by atoms with Crippen molar-refractivity contribution < 1.29 is 23.3 Å². The van der Waals surface area contributed by atoms with Gasteiger partial charge in [-0.1, -0.05) is 0 Å². The Hall–Kier alpha value is -2.09. The molecule has 0 radical (unpaired) electrons. The first kappa shape index (κ1) is 18.0. The molecule has 0 saturated heterocycles. The predicted octanol–water partition coefficient (Wildman–Crippen LogP) is 1.92. The van der Waals surface area contributed by atoms with Crippen molar-refractivity contribution in [2.75, 3.05) is 20.4 Å². The SMILES string of the molecule is COP(=O)(CCC(=O)N/N=C\c1ccc([N+](=O)[O-])cc1)OC. The van der Waals surface area contributed by atoms with Gasteiger partial charge in [-0.25, -0.2) is 5.43 Å². The van der Waals surface area contributed by atoms with Gasteiger partial charge in [0.05, 0.1) is 17.3 Å². The molecule has 0 atom stereocenters. The molecule has 22 heavy (non-hydrogen) atoms. The van der Waals surface area contributed by atoms with Gasteiger partial charge in [-0.2, -0.15) is 5.10 Å². The standard InChI is InChI=1S/C12H16N3O6P/c1-20-22(19,21-2)8-7-12(16)14-13-9-10-3-5-11(6-4-10)15(17)18/h3-6,9H,7-8H2,1-2H3,(H,14,16)/b13-9-. The zero-order valence-electron chi connectivity index (χ0n) is 12.1. The predicted molar refractivity (Wildman–Crippen MR) is 79.9 cm³/mol. The van der Waals surface area contributed by atoms with Crippen molar-refractivity contribution in [1.29, 1.82) is 0 Å². The number of hydrazone groups is 1. The summed E-state index contributed by atoms with van der Waals surface area (Å²) in [5, 5.41) is 14.2. The van der Waals surface area contributed by atoms with E-state index in [1.807, 2.05) is 0 Å². The molecule has 10 heteroatoms. The summed E-state index contributed by atoms with van der Waals surface area (Å²) in [4.78, 5) is 21.5. The molecule has 1 rings (SSSR count). The number of carbonyl (C=O) groups excluding carboxylic acids is 1. The van der Waals surface area contributed by atoms with Crippen LogP contribution in [0.3, 0.4) is 0 Å². The first-order valence-electron chi connectivity index (χ1n) is 6.17. The van der Waals surface area contributed by atoms with Crippen LogP contribution in [0.2, 0.25) is 0 Å². The van der Waals surface area contributed by atoms with Crippen LogP contribution in [-0.4, -0.2) is 37.4 Å². The van der Waals surface area contributed by atoms with E-state index in [0.717, 1.165) is 0 Å². The number of nitro groups is 1. The molecule has 0 fully saturated rings. The molecule has 0 aliphatic carbocycles. The number of amides is 1. The van der Waals surface area contributed by atoms with Crippen LogP contribution in [-0.2, 0) is 18.4 Å². The first-order chi connectivity index (χ1) is 10.4. The molecule has 1 amide bonds. The summed E-state index contributed by atoms with van der Waals surface area (Å²) in [7, 11) is -0.727. The molecule has 0 aliphatic heterocycles. The van der Waals surface area contributed by atoms with Gasteiger partial charge >= 0.3 is 7.60 Å². The van der Waals surface area contributed by atoms with Gasteiger partial charge in [0.15, 0.2) is 0 Å². The summed E-state index contributed by atoms with van der Waals surface area (Å²) in [5.41, 5.74) is 2.81. The van der Waals surface area contributed by atoms with E-state index in [1.54, 1.807) is 0 Å². The van der Waals surface area contributed by atoms with Crippen molar-refractivity contribution in [2.24, 2.45) is 5.10 Å². The van der Waals surface area contributed by atoms with Gasteiger partial charge in [-0.15, -0.1) is 0 Å². The summed E-state index contributed by atoms with van der Waals surface area (Å²) >= 11 is 0. The van der Waals surface area contributed by atoms with E-state index >= 15 is 0 Å². The largest absolute Gasteiger partial charge is 0.330 e. The minimum Gasteiger partial charge on any atom is -0.312 e. The maximum absolute atomic E-state index is 11.7. The Labute approximate surface area is 127 Å². The number of rotatable bonds is 8. The number of carbonyl (C=O) groups is 1. The average molecular weight is 329 g/mol. The van der Waals surface area contributed by atoms with Crippen LogP contribution in [0.15, 0.2) is 29.4 Å². The molecule has 0 heterocycles. The Balaban J connectivity index is 2.46. The highest BCUT2D eigenvalue weighted by molar-refractivity contribution is 7.53. The first-order valence-corrected chi connectivity index (χ1v) is 7.90. The fraction of sp³-hybridized carbons (Fsp3) is 0.333. The lowest BCUT2D eigenvalue weighted by atomic mass is 10.2. The summed E-state index contributed by atoms with van der Waals surface area (Å²) in [6, 6.07) is 5.66. The fourth-order valence-corrected chi connectivity index (χ4v) is 2.40. The van der Waals surface area contributed by atoms with Gasteiger partial charge in [0.2, 0.25) is 5.91 Å². The fourth-order valence-electron chi connectivity index (χ4n) is 1.41. The van der Waals surface area contributed by atoms with Crippen molar-refractivity contribution in [3.63, 3.8) is 0 Å². The molecular weight excluding hydrogens is 313 g/mol. The van der Waals surface area contributed by atoms with Crippen molar-refractivity contribution in [1.82, 2.24) is 5.43 Å². The monoisotopic (exact) mass is 329 g/mol. The van der Waals surface area contributed by atoms with Crippen LogP contribution in [0.1, 0.15) is 12.0 Å². The summed E-state index contributed by atoms with van der Waals surface area (Å²) < 4.78 is 21.1. The zero-order valence-corrected chi connectivity index (χ0v) is 13.0. The molecule has 0 aliphatic rings. The lowest BCUT2D eigenvalue weighted by Gasteiger charge is -2.12. The third-order valence-corrected chi connectivity index (χ3v) is 4.56. The highest BCUT2D eigenvalue weighted by atomic mass is 31.2. The van der Waals surface area contributed by atoms with Crippen molar-refractivity contribution in [3.05, 3.63) is 39.9 Å². The van der Waals surface area contributed by atoms with E-state index in [9.17, 15) is 19.5 Å². The van der Waals surface area contributed by atoms with Gasteiger partial charge in [0.1, 0.15) is 0 Å². The lowest BCUT2D eigenvalue weighted by Crippen LogP contribution is -2.18. The van der Waals surface area contributed by atoms with Gasteiger partial charge in [0.25, 0.3) is 5.69 Å². The van der Waals surface area contributed by atoms with Crippen molar-refractivity contribution in [2.45, 2.75) is 6.42 Å². The molecule has 0 bridgehead atoms. The highest BCUT2D eigenvalue weighted by Gasteiger charge is 2.21. The van der Waals surface area contributed by atoms with Crippen molar-refractivity contribution in [3.8, 4) is 0 Å². The second-order valence-electron chi connectivity index (χ2n) is 4.09. The maximum Gasteiger partial charge on any atom is 0.330 e. The number of benzene rings is 1. The zero-order chi connectivity index (χ0) is 16.6. The molecular formula is C12H16N3O6P. The minimum absolute atomic E-state index is 0.0314. The maximum atomic E-state index is 11.7. The molecule has 1 N–H and O–H groups in total. The molecule has 0 unspecified atom stereocenters. The van der Waals surface area contributed by atoms with E-state index < -0.39 is 18.4 Å². The molecule has 0 saturated carbocycles. The van der Waals surface area contributed by atoms with E-state index in [2.05, 4.69) is 10.5 Å². The summed E-state index contributed by atoms with van der Waals surface area (Å²) in [6.45, 7) is 0. The van der Waals surface area contributed by atoms with Crippen LogP contribution in [0, 0.1) is 10.1 Å². The minimum atomic E-state index is -3.22. The Kier molecular flexibility index (Phi) is 6.84. The summed E-state index contributed by atoms with van der Waals surface area (Å²) in [6.07, 6.45) is 1.21. The third kappa shape index (κ3) is 5.72. The molecule has 0 aromatic heterocycles. The molecule has 9 nitrogen and oxygen atoms in total. The van der Waals surface area contributed by atoms with Crippen LogP contribution >= 0.6 is 7.60 Å². The summed E-state index contributed by atoms with van der Waals surface area (Å²) in [5.74, 6) is -0.451. The Morgan fingerprint density at radius 1 is 1.36 bits per heavy atom. The Bertz CT molecular complexity index is 593. The normalized spacial score (nSPS) is 11.5. The molecule has 120 valence electrons. The van der Waals surface area contributed by atoms with Gasteiger partial charge < -0.3 is 9.05 Å². The lowest BCUT2D eigenvalue weighted by molar-refractivity contribution is -0.384. The number of nitrogens with zero attached hydrogens (tertiary/aromatic N) is 2. The van der Waals surface area contributed by atoms with Crippen molar-refractivity contribution >= 4 is 25.4 Å². The van der Waals surface area contributed by atoms with E-state index in [1.165, 1.54) is 44.7 Å². The van der Waals surface area contributed by atoms with Gasteiger partial charge in [-0.05, 0) is 17.7 Å². The van der Waals surface area contributed by atoms with Crippen LogP contribution in [0.25, 0.3) is 0 Å². The topological polar surface area (TPSA) is 120 Å².